The van der Waals surface area contributed by atoms with Crippen LogP contribution in [0.2, 0.25) is 5.02 Å². The summed E-state index contributed by atoms with van der Waals surface area (Å²) in [5.41, 5.74) is 3.18. The average molecular weight is 394 g/mol. The zero-order valence-electron chi connectivity index (χ0n) is 15.2. The summed E-state index contributed by atoms with van der Waals surface area (Å²) in [5.74, 6) is 0.151. The first-order valence-corrected chi connectivity index (χ1v) is 8.86. The Bertz CT molecular complexity index is 1190. The SMILES string of the molecule is COC(=O)c1cc(-c2ccccc2OC)n(-c2ccnc3cc(Cl)ccc23)n1. The van der Waals surface area contributed by atoms with Crippen LogP contribution >= 0.6 is 11.6 Å². The molecule has 28 heavy (non-hydrogen) atoms. The number of carbonyl (C=O) groups is 1. The average Bonchev–Trinajstić information content (AvgIpc) is 3.17. The normalized spacial score (nSPS) is 10.8. The molecule has 0 aliphatic carbocycles. The van der Waals surface area contributed by atoms with Gasteiger partial charge in [0.25, 0.3) is 0 Å². The van der Waals surface area contributed by atoms with E-state index < -0.39 is 5.97 Å². The van der Waals surface area contributed by atoms with Crippen LogP contribution in [0.3, 0.4) is 0 Å². The maximum atomic E-state index is 12.1. The lowest BCUT2D eigenvalue weighted by Crippen LogP contribution is -2.05. The quantitative estimate of drug-likeness (QED) is 0.476. The van der Waals surface area contributed by atoms with E-state index in [-0.39, 0.29) is 5.69 Å². The molecule has 0 fully saturated rings. The number of esters is 1. The van der Waals surface area contributed by atoms with Crippen LogP contribution in [0.15, 0.2) is 60.8 Å². The molecule has 2 aromatic carbocycles. The summed E-state index contributed by atoms with van der Waals surface area (Å²) in [7, 11) is 2.93. The molecular weight excluding hydrogens is 378 g/mol. The molecule has 2 aromatic heterocycles. The Hall–Kier alpha value is -3.38. The molecule has 2 heterocycles. The molecule has 6 nitrogen and oxygen atoms in total. The summed E-state index contributed by atoms with van der Waals surface area (Å²) in [6.45, 7) is 0. The minimum Gasteiger partial charge on any atom is -0.496 e. The van der Waals surface area contributed by atoms with Gasteiger partial charge in [-0.1, -0.05) is 23.7 Å². The van der Waals surface area contributed by atoms with Crippen LogP contribution in [0, 0.1) is 0 Å². The molecule has 0 unspecified atom stereocenters. The van der Waals surface area contributed by atoms with Gasteiger partial charge in [-0.3, -0.25) is 4.98 Å². The van der Waals surface area contributed by atoms with Crippen LogP contribution < -0.4 is 4.74 Å². The van der Waals surface area contributed by atoms with E-state index in [2.05, 4.69) is 10.1 Å². The Kier molecular flexibility index (Phi) is 4.71. The highest BCUT2D eigenvalue weighted by molar-refractivity contribution is 6.31. The summed E-state index contributed by atoms with van der Waals surface area (Å²) < 4.78 is 12.1. The molecule has 4 aromatic rings. The molecule has 140 valence electrons. The topological polar surface area (TPSA) is 66.2 Å². The molecule has 0 saturated carbocycles. The summed E-state index contributed by atoms with van der Waals surface area (Å²) in [4.78, 5) is 16.5. The van der Waals surface area contributed by atoms with Gasteiger partial charge in [-0.25, -0.2) is 9.48 Å². The van der Waals surface area contributed by atoms with E-state index in [1.165, 1.54) is 7.11 Å². The summed E-state index contributed by atoms with van der Waals surface area (Å²) in [5, 5.41) is 5.95. The largest absolute Gasteiger partial charge is 0.496 e. The molecule has 7 heteroatoms. The Labute approximate surface area is 166 Å². The van der Waals surface area contributed by atoms with Crippen molar-refractivity contribution in [1.82, 2.24) is 14.8 Å². The fourth-order valence-corrected chi connectivity index (χ4v) is 3.27. The summed E-state index contributed by atoms with van der Waals surface area (Å²) >= 11 is 6.11. The second kappa shape index (κ2) is 7.32. The van der Waals surface area contributed by atoms with Crippen LogP contribution in [-0.4, -0.2) is 35.0 Å². The van der Waals surface area contributed by atoms with E-state index in [0.29, 0.717) is 16.5 Å². The van der Waals surface area contributed by atoms with Crippen molar-refractivity contribution in [3.8, 4) is 22.7 Å². The second-order valence-electron chi connectivity index (χ2n) is 6.01. The van der Waals surface area contributed by atoms with E-state index >= 15 is 0 Å². The number of halogens is 1. The number of ether oxygens (including phenoxy) is 2. The standard InChI is InChI=1S/C21H16ClN3O3/c1-27-20-6-4-3-5-15(20)19-12-17(21(26)28-2)24-25(19)18-9-10-23-16-11-13(22)7-8-14(16)18/h3-12H,1-2H3. The highest BCUT2D eigenvalue weighted by Gasteiger charge is 2.20. The first-order chi connectivity index (χ1) is 13.6. The van der Waals surface area contributed by atoms with Gasteiger partial charge >= 0.3 is 5.97 Å². The number of methoxy groups -OCH3 is 2. The van der Waals surface area contributed by atoms with Crippen LogP contribution in [-0.2, 0) is 4.74 Å². The smallest absolute Gasteiger partial charge is 0.358 e. The Morgan fingerprint density at radius 3 is 2.68 bits per heavy atom. The fraction of sp³-hybridized carbons (Fsp3) is 0.0952. The lowest BCUT2D eigenvalue weighted by atomic mass is 10.1. The lowest BCUT2D eigenvalue weighted by molar-refractivity contribution is 0.0593. The highest BCUT2D eigenvalue weighted by atomic mass is 35.5. The van der Waals surface area contributed by atoms with Gasteiger partial charge in [0, 0.05) is 22.2 Å². The van der Waals surface area contributed by atoms with Gasteiger partial charge in [-0.2, -0.15) is 5.10 Å². The van der Waals surface area contributed by atoms with E-state index in [0.717, 1.165) is 22.2 Å². The minimum atomic E-state index is -0.517. The van der Waals surface area contributed by atoms with Crippen molar-refractivity contribution in [2.75, 3.05) is 14.2 Å². The number of pyridine rings is 1. The van der Waals surface area contributed by atoms with Gasteiger partial charge in [0.05, 0.1) is 31.1 Å². The monoisotopic (exact) mass is 393 g/mol. The van der Waals surface area contributed by atoms with E-state index in [1.807, 2.05) is 36.4 Å². The highest BCUT2D eigenvalue weighted by Crippen LogP contribution is 2.34. The van der Waals surface area contributed by atoms with Crippen LogP contribution in [0.1, 0.15) is 10.5 Å². The van der Waals surface area contributed by atoms with Crippen molar-refractivity contribution < 1.29 is 14.3 Å². The van der Waals surface area contributed by atoms with Gasteiger partial charge in [-0.05, 0) is 42.5 Å². The number of para-hydroxylation sites is 1. The lowest BCUT2D eigenvalue weighted by Gasteiger charge is -2.12. The molecule has 0 bridgehead atoms. The molecule has 4 rings (SSSR count). The third-order valence-corrected chi connectivity index (χ3v) is 4.63. The Balaban J connectivity index is 2.02. The number of aromatic nitrogens is 3. The van der Waals surface area contributed by atoms with Crippen molar-refractivity contribution in [3.63, 3.8) is 0 Å². The summed E-state index contributed by atoms with van der Waals surface area (Å²) in [6, 6.07) is 16.5. The number of hydrogen-bond donors (Lipinski definition) is 0. The first-order valence-electron chi connectivity index (χ1n) is 8.49. The van der Waals surface area contributed by atoms with Gasteiger partial charge in [0.2, 0.25) is 0 Å². The van der Waals surface area contributed by atoms with Crippen LogP contribution in [0.5, 0.6) is 5.75 Å². The number of fused-ring (bicyclic) bond motifs is 1. The van der Waals surface area contributed by atoms with E-state index in [4.69, 9.17) is 21.1 Å². The van der Waals surface area contributed by atoms with E-state index in [9.17, 15) is 4.79 Å². The molecule has 0 amide bonds. The predicted molar refractivity (Wildman–Crippen MR) is 107 cm³/mol. The first kappa shape index (κ1) is 18.0. The molecule has 0 saturated heterocycles. The molecule has 0 radical (unpaired) electrons. The molecule has 0 aliphatic rings. The number of rotatable bonds is 4. The number of benzene rings is 2. The third-order valence-electron chi connectivity index (χ3n) is 4.40. The predicted octanol–water partition coefficient (Wildman–Crippen LogP) is 4.54. The maximum Gasteiger partial charge on any atom is 0.358 e. The van der Waals surface area contributed by atoms with Gasteiger partial charge in [0.1, 0.15) is 5.75 Å². The van der Waals surface area contributed by atoms with E-state index in [1.54, 1.807) is 36.2 Å². The van der Waals surface area contributed by atoms with Gasteiger partial charge in [0.15, 0.2) is 5.69 Å². The van der Waals surface area contributed by atoms with Crippen LogP contribution in [0.4, 0.5) is 0 Å². The van der Waals surface area contributed by atoms with Crippen molar-refractivity contribution >= 4 is 28.5 Å². The van der Waals surface area contributed by atoms with Crippen molar-refractivity contribution in [3.05, 3.63) is 71.5 Å². The van der Waals surface area contributed by atoms with Crippen molar-refractivity contribution in [1.29, 1.82) is 0 Å². The minimum absolute atomic E-state index is 0.197. The van der Waals surface area contributed by atoms with Crippen molar-refractivity contribution in [2.24, 2.45) is 0 Å². The number of carbonyl (C=O) groups excluding carboxylic acids is 1. The maximum absolute atomic E-state index is 12.1. The fourth-order valence-electron chi connectivity index (χ4n) is 3.11. The number of nitrogens with zero attached hydrogens (tertiary/aromatic N) is 3. The third kappa shape index (κ3) is 3.08. The summed E-state index contributed by atoms with van der Waals surface area (Å²) in [6.07, 6.45) is 1.68. The van der Waals surface area contributed by atoms with Crippen molar-refractivity contribution in [2.45, 2.75) is 0 Å². The molecular formula is C21H16ClN3O3. The second-order valence-corrected chi connectivity index (χ2v) is 6.45. The molecule has 0 spiro atoms. The molecule has 0 aliphatic heterocycles. The molecule has 0 N–H and O–H groups in total. The Morgan fingerprint density at radius 1 is 1.07 bits per heavy atom. The van der Waals surface area contributed by atoms with Gasteiger partial charge in [-0.15, -0.1) is 0 Å². The van der Waals surface area contributed by atoms with Gasteiger partial charge < -0.3 is 9.47 Å². The van der Waals surface area contributed by atoms with Crippen LogP contribution in [0.25, 0.3) is 27.8 Å². The Morgan fingerprint density at radius 2 is 1.89 bits per heavy atom. The zero-order chi connectivity index (χ0) is 19.7. The number of hydrogen-bond acceptors (Lipinski definition) is 5. The molecule has 0 atom stereocenters. The zero-order valence-corrected chi connectivity index (χ0v) is 16.0.